The van der Waals surface area contributed by atoms with Gasteiger partial charge in [0.2, 0.25) is 0 Å². The summed E-state index contributed by atoms with van der Waals surface area (Å²) >= 11 is 0. The van der Waals surface area contributed by atoms with E-state index < -0.39 is 0 Å². The SMILES string of the molecule is O=C(NC1COC2C1OCC2n1nnnc1Oc1ccc(-n2ccnc2)cc1)N1CCOCC1. The molecule has 13 heteroatoms. The van der Waals surface area contributed by atoms with E-state index >= 15 is 0 Å². The number of benzene rings is 1. The van der Waals surface area contributed by atoms with E-state index in [0.29, 0.717) is 45.3 Å². The zero-order chi connectivity index (χ0) is 22.9. The van der Waals surface area contributed by atoms with Crippen LogP contribution in [0.3, 0.4) is 0 Å². The van der Waals surface area contributed by atoms with Crippen LogP contribution in [0.25, 0.3) is 5.69 Å². The highest BCUT2D eigenvalue weighted by Gasteiger charge is 2.50. The van der Waals surface area contributed by atoms with Gasteiger partial charge in [-0.1, -0.05) is 5.10 Å². The van der Waals surface area contributed by atoms with E-state index in [1.165, 1.54) is 0 Å². The fourth-order valence-electron chi connectivity index (χ4n) is 4.49. The number of nitrogens with zero attached hydrogens (tertiary/aromatic N) is 7. The molecule has 3 saturated heterocycles. The summed E-state index contributed by atoms with van der Waals surface area (Å²) in [6.45, 7) is 2.95. The molecule has 3 fully saturated rings. The molecule has 4 unspecified atom stereocenters. The second kappa shape index (κ2) is 9.00. The number of rotatable bonds is 5. The molecule has 0 spiro atoms. The topological polar surface area (TPSA) is 131 Å². The van der Waals surface area contributed by atoms with Crippen LogP contribution in [0.1, 0.15) is 6.04 Å². The van der Waals surface area contributed by atoms with Gasteiger partial charge in [0.05, 0.1) is 38.8 Å². The maximum absolute atomic E-state index is 12.6. The van der Waals surface area contributed by atoms with E-state index in [1.54, 1.807) is 22.1 Å². The maximum Gasteiger partial charge on any atom is 0.341 e. The van der Waals surface area contributed by atoms with Crippen LogP contribution in [-0.4, -0.2) is 98.5 Å². The predicted octanol–water partition coefficient (Wildman–Crippen LogP) is 0.400. The van der Waals surface area contributed by atoms with Crippen molar-refractivity contribution in [2.75, 3.05) is 39.5 Å². The summed E-state index contributed by atoms with van der Waals surface area (Å²) in [5, 5.41) is 15.0. The molecule has 3 aromatic rings. The van der Waals surface area contributed by atoms with Crippen LogP contribution in [0.15, 0.2) is 43.0 Å². The molecule has 0 aliphatic carbocycles. The Bertz CT molecular complexity index is 1110. The minimum atomic E-state index is -0.301. The summed E-state index contributed by atoms with van der Waals surface area (Å²) in [7, 11) is 0. The van der Waals surface area contributed by atoms with Gasteiger partial charge >= 0.3 is 12.0 Å². The van der Waals surface area contributed by atoms with Gasteiger partial charge in [0.25, 0.3) is 0 Å². The van der Waals surface area contributed by atoms with E-state index in [1.807, 2.05) is 35.0 Å². The van der Waals surface area contributed by atoms with Crippen molar-refractivity contribution in [3.05, 3.63) is 43.0 Å². The lowest BCUT2D eigenvalue weighted by molar-refractivity contribution is 0.0485. The zero-order valence-electron chi connectivity index (χ0n) is 18.3. The van der Waals surface area contributed by atoms with Crippen molar-refractivity contribution in [3.8, 4) is 17.4 Å². The number of fused-ring (bicyclic) bond motifs is 1. The summed E-state index contributed by atoms with van der Waals surface area (Å²) in [4.78, 5) is 18.4. The fraction of sp³-hybridized carbons (Fsp3) is 0.476. The average molecular weight is 468 g/mol. The summed E-state index contributed by atoms with van der Waals surface area (Å²) in [5.74, 6) is 0.596. The van der Waals surface area contributed by atoms with Gasteiger partial charge in [-0.2, -0.15) is 4.68 Å². The molecule has 3 aliphatic rings. The van der Waals surface area contributed by atoms with E-state index in [2.05, 4.69) is 25.8 Å². The number of urea groups is 1. The van der Waals surface area contributed by atoms with Gasteiger partial charge in [-0.25, -0.2) is 9.78 Å². The lowest BCUT2D eigenvalue weighted by atomic mass is 10.1. The minimum absolute atomic E-state index is 0.129. The molecule has 178 valence electrons. The summed E-state index contributed by atoms with van der Waals surface area (Å²) in [5.41, 5.74) is 0.959. The van der Waals surface area contributed by atoms with E-state index in [4.69, 9.17) is 18.9 Å². The third-order valence-corrected chi connectivity index (χ3v) is 6.26. The van der Waals surface area contributed by atoms with Crippen molar-refractivity contribution in [1.29, 1.82) is 0 Å². The first-order valence-electron chi connectivity index (χ1n) is 11.2. The maximum atomic E-state index is 12.6. The van der Waals surface area contributed by atoms with Gasteiger partial charge in [0.15, 0.2) is 0 Å². The van der Waals surface area contributed by atoms with Crippen LogP contribution in [0, 0.1) is 0 Å². The number of imidazole rings is 1. The molecule has 5 heterocycles. The normalized spacial score (nSPS) is 26.4. The Morgan fingerprint density at radius 2 is 1.91 bits per heavy atom. The Labute approximate surface area is 194 Å². The van der Waals surface area contributed by atoms with Crippen LogP contribution in [0.5, 0.6) is 11.8 Å². The molecular weight excluding hydrogens is 444 g/mol. The standard InChI is InChI=1S/C21H24N8O5/c30-20(27-7-9-31-10-8-27)23-16-11-32-19-17(12-33-18(16)19)29-21(24-25-26-29)34-15-3-1-14(2-4-15)28-6-5-22-13-28/h1-6,13,16-19H,7-12H2,(H,23,30). The minimum Gasteiger partial charge on any atom is -0.423 e. The molecule has 0 saturated carbocycles. The molecule has 6 rings (SSSR count). The van der Waals surface area contributed by atoms with E-state index in [9.17, 15) is 4.79 Å². The Kier molecular flexibility index (Phi) is 5.57. The number of amides is 2. The highest BCUT2D eigenvalue weighted by molar-refractivity contribution is 5.74. The number of nitrogens with one attached hydrogen (secondary N) is 1. The lowest BCUT2D eigenvalue weighted by Gasteiger charge is -2.29. The molecule has 2 amide bonds. The van der Waals surface area contributed by atoms with Crippen LogP contribution in [0.2, 0.25) is 0 Å². The number of ether oxygens (including phenoxy) is 4. The Morgan fingerprint density at radius 1 is 1.09 bits per heavy atom. The molecule has 2 aromatic heterocycles. The highest BCUT2D eigenvalue weighted by atomic mass is 16.6. The summed E-state index contributed by atoms with van der Waals surface area (Å²) in [6, 6.07) is 7.11. The van der Waals surface area contributed by atoms with Crippen molar-refractivity contribution in [2.24, 2.45) is 0 Å². The van der Waals surface area contributed by atoms with Gasteiger partial charge in [-0.3, -0.25) is 0 Å². The molecule has 0 bridgehead atoms. The molecule has 0 radical (unpaired) electrons. The quantitative estimate of drug-likeness (QED) is 0.565. The Balaban J connectivity index is 1.11. The number of aromatic nitrogens is 6. The summed E-state index contributed by atoms with van der Waals surface area (Å²) < 4.78 is 26.8. The first-order chi connectivity index (χ1) is 16.8. The summed E-state index contributed by atoms with van der Waals surface area (Å²) in [6.07, 6.45) is 4.72. The monoisotopic (exact) mass is 468 g/mol. The molecule has 13 nitrogen and oxygen atoms in total. The smallest absolute Gasteiger partial charge is 0.341 e. The number of hydrogen-bond donors (Lipinski definition) is 1. The van der Waals surface area contributed by atoms with E-state index in [-0.39, 0.29) is 36.3 Å². The van der Waals surface area contributed by atoms with Crippen molar-refractivity contribution >= 4 is 6.03 Å². The van der Waals surface area contributed by atoms with E-state index in [0.717, 1.165) is 5.69 Å². The number of carbonyl (C=O) groups excluding carboxylic acids is 1. The van der Waals surface area contributed by atoms with Gasteiger partial charge in [-0.05, 0) is 34.7 Å². The van der Waals surface area contributed by atoms with Crippen molar-refractivity contribution in [2.45, 2.75) is 24.3 Å². The van der Waals surface area contributed by atoms with Gasteiger partial charge in [0.1, 0.15) is 24.0 Å². The van der Waals surface area contributed by atoms with Gasteiger partial charge < -0.3 is 33.7 Å². The van der Waals surface area contributed by atoms with Crippen molar-refractivity contribution in [1.82, 2.24) is 40.0 Å². The molecule has 1 aromatic carbocycles. The predicted molar refractivity (Wildman–Crippen MR) is 115 cm³/mol. The highest BCUT2D eigenvalue weighted by Crippen LogP contribution is 2.36. The van der Waals surface area contributed by atoms with Crippen LogP contribution >= 0.6 is 0 Å². The molecule has 34 heavy (non-hydrogen) atoms. The lowest BCUT2D eigenvalue weighted by Crippen LogP contribution is -2.52. The second-order valence-electron chi connectivity index (χ2n) is 8.29. The Morgan fingerprint density at radius 3 is 2.71 bits per heavy atom. The van der Waals surface area contributed by atoms with Gasteiger partial charge in [0, 0.05) is 31.2 Å². The van der Waals surface area contributed by atoms with Crippen molar-refractivity contribution < 1.29 is 23.7 Å². The number of carbonyl (C=O) groups is 1. The fourth-order valence-corrected chi connectivity index (χ4v) is 4.49. The second-order valence-corrected chi connectivity index (χ2v) is 8.29. The van der Waals surface area contributed by atoms with Crippen LogP contribution in [0.4, 0.5) is 4.79 Å². The largest absolute Gasteiger partial charge is 0.423 e. The van der Waals surface area contributed by atoms with Crippen LogP contribution < -0.4 is 10.1 Å². The molecule has 3 aliphatic heterocycles. The molecule has 4 atom stereocenters. The first kappa shape index (κ1) is 21.0. The van der Waals surface area contributed by atoms with Crippen molar-refractivity contribution in [3.63, 3.8) is 0 Å². The third kappa shape index (κ3) is 3.97. The molecular formula is C21H24N8O5. The average Bonchev–Trinajstić information content (AvgIpc) is 3.67. The zero-order valence-corrected chi connectivity index (χ0v) is 18.3. The third-order valence-electron chi connectivity index (χ3n) is 6.26. The Hall–Kier alpha value is -3.55. The number of morpholine rings is 1. The number of hydrogen-bond acceptors (Lipinski definition) is 9. The number of tetrazole rings is 1. The molecule has 1 N–H and O–H groups in total. The van der Waals surface area contributed by atoms with Crippen LogP contribution in [-0.2, 0) is 14.2 Å². The van der Waals surface area contributed by atoms with Gasteiger partial charge in [-0.15, -0.1) is 0 Å². The first-order valence-corrected chi connectivity index (χ1v) is 11.2.